The molecule has 0 spiro atoms. The number of ether oxygens (including phenoxy) is 1. The molecule has 1 aromatic carbocycles. The summed E-state index contributed by atoms with van der Waals surface area (Å²) in [6, 6.07) is 5.64. The summed E-state index contributed by atoms with van der Waals surface area (Å²) in [7, 11) is 1.48. The van der Waals surface area contributed by atoms with Gasteiger partial charge >= 0.3 is 0 Å². The average molecular weight is 310 g/mol. The Hall–Kier alpha value is 0.1000. The third-order valence-corrected chi connectivity index (χ3v) is 3.08. The maximum absolute atomic E-state index is 9.50. The molecular formula is C9H10Br2O2. The van der Waals surface area contributed by atoms with Crippen molar-refractivity contribution < 1.29 is 9.84 Å². The van der Waals surface area contributed by atoms with Crippen LogP contribution >= 0.6 is 31.9 Å². The molecule has 13 heavy (non-hydrogen) atoms. The van der Waals surface area contributed by atoms with Gasteiger partial charge in [0.2, 0.25) is 0 Å². The lowest BCUT2D eigenvalue weighted by atomic mass is 10.1. The van der Waals surface area contributed by atoms with Crippen LogP contribution in [0.3, 0.4) is 0 Å². The molecule has 0 saturated heterocycles. The number of halogens is 2. The second kappa shape index (κ2) is 5.10. The van der Waals surface area contributed by atoms with Gasteiger partial charge in [0.25, 0.3) is 0 Å². The number of methoxy groups -OCH3 is 1. The van der Waals surface area contributed by atoms with Crippen molar-refractivity contribution in [2.45, 2.75) is 11.6 Å². The van der Waals surface area contributed by atoms with Gasteiger partial charge in [-0.2, -0.15) is 0 Å². The van der Waals surface area contributed by atoms with Gasteiger partial charge in [-0.25, -0.2) is 0 Å². The number of aliphatic hydroxyl groups is 1. The minimum atomic E-state index is -0.856. The summed E-state index contributed by atoms with van der Waals surface area (Å²) >= 11 is 6.77. The maximum atomic E-state index is 9.50. The Kier molecular flexibility index (Phi) is 4.38. The fraction of sp³-hybridized carbons (Fsp3) is 0.333. The summed E-state index contributed by atoms with van der Waals surface area (Å²) < 4.78 is 5.82. The summed E-state index contributed by atoms with van der Waals surface area (Å²) in [5.41, 5.74) is 1.80. The molecule has 0 bridgehead atoms. The molecule has 1 atom stereocenters. The number of benzene rings is 1. The van der Waals surface area contributed by atoms with E-state index in [4.69, 9.17) is 4.74 Å². The highest BCUT2D eigenvalue weighted by atomic mass is 79.9. The van der Waals surface area contributed by atoms with E-state index >= 15 is 0 Å². The Morgan fingerprint density at radius 2 is 2.23 bits per heavy atom. The van der Waals surface area contributed by atoms with Crippen LogP contribution in [0.1, 0.15) is 17.4 Å². The van der Waals surface area contributed by atoms with E-state index in [1.165, 1.54) is 7.11 Å². The van der Waals surface area contributed by atoms with E-state index in [1.54, 1.807) is 0 Å². The van der Waals surface area contributed by atoms with E-state index in [1.807, 2.05) is 18.2 Å². The highest BCUT2D eigenvalue weighted by Crippen LogP contribution is 2.27. The fourth-order valence-electron chi connectivity index (χ4n) is 1.07. The smallest absolute Gasteiger partial charge is 0.181 e. The normalized spacial score (nSPS) is 12.9. The Balaban J connectivity index is 3.12. The summed E-state index contributed by atoms with van der Waals surface area (Å²) in [6.07, 6.45) is -0.856. The van der Waals surface area contributed by atoms with Crippen LogP contribution in [-0.2, 0) is 10.1 Å². The molecule has 0 aromatic heterocycles. The van der Waals surface area contributed by atoms with Gasteiger partial charge in [0.15, 0.2) is 6.29 Å². The molecule has 1 aromatic rings. The molecule has 1 rings (SSSR count). The second-order valence-electron chi connectivity index (χ2n) is 2.53. The van der Waals surface area contributed by atoms with E-state index in [2.05, 4.69) is 31.9 Å². The highest BCUT2D eigenvalue weighted by Gasteiger charge is 2.12. The third kappa shape index (κ3) is 2.53. The van der Waals surface area contributed by atoms with Crippen molar-refractivity contribution in [3.8, 4) is 0 Å². The molecular weight excluding hydrogens is 300 g/mol. The standard InChI is InChI=1S/C9H10Br2O2/c1-13-9(12)6-3-2-4-8(11)7(6)5-10/h2-4,9,12H,5H2,1H3. The highest BCUT2D eigenvalue weighted by molar-refractivity contribution is 9.10. The molecule has 0 amide bonds. The molecule has 1 N–H and O–H groups in total. The minimum Gasteiger partial charge on any atom is -0.364 e. The Bertz CT molecular complexity index is 289. The molecule has 1 unspecified atom stereocenters. The monoisotopic (exact) mass is 308 g/mol. The van der Waals surface area contributed by atoms with E-state index < -0.39 is 6.29 Å². The second-order valence-corrected chi connectivity index (χ2v) is 3.94. The average Bonchev–Trinajstić information content (AvgIpc) is 2.16. The van der Waals surface area contributed by atoms with Crippen LogP contribution in [-0.4, -0.2) is 12.2 Å². The first-order valence-corrected chi connectivity index (χ1v) is 5.66. The van der Waals surface area contributed by atoms with Gasteiger partial charge in [0.1, 0.15) is 0 Å². The lowest BCUT2D eigenvalue weighted by molar-refractivity contribution is -0.0773. The van der Waals surface area contributed by atoms with Gasteiger partial charge in [-0.05, 0) is 11.6 Å². The first-order valence-electron chi connectivity index (χ1n) is 3.74. The van der Waals surface area contributed by atoms with E-state index in [9.17, 15) is 5.11 Å². The Labute approximate surface area is 94.2 Å². The first-order chi connectivity index (χ1) is 6.20. The van der Waals surface area contributed by atoms with Crippen LogP contribution in [0.2, 0.25) is 0 Å². The molecule has 0 heterocycles. The van der Waals surface area contributed by atoms with Crippen LogP contribution < -0.4 is 0 Å². The van der Waals surface area contributed by atoms with E-state index in [0.717, 1.165) is 15.6 Å². The number of alkyl halides is 1. The fourth-order valence-corrected chi connectivity index (χ4v) is 2.60. The molecule has 0 radical (unpaired) electrons. The molecule has 0 aliphatic carbocycles. The summed E-state index contributed by atoms with van der Waals surface area (Å²) in [6.45, 7) is 0. The Morgan fingerprint density at radius 3 is 2.77 bits per heavy atom. The van der Waals surface area contributed by atoms with Crippen LogP contribution in [0.4, 0.5) is 0 Å². The molecule has 0 fully saturated rings. The topological polar surface area (TPSA) is 29.5 Å². The molecule has 0 aliphatic heterocycles. The number of aliphatic hydroxyl groups excluding tert-OH is 1. The summed E-state index contributed by atoms with van der Waals surface area (Å²) in [4.78, 5) is 0. The maximum Gasteiger partial charge on any atom is 0.181 e. The van der Waals surface area contributed by atoms with Gasteiger partial charge in [0, 0.05) is 22.5 Å². The zero-order valence-corrected chi connectivity index (χ0v) is 10.3. The van der Waals surface area contributed by atoms with Crippen LogP contribution in [0, 0.1) is 0 Å². The number of hydrogen-bond donors (Lipinski definition) is 1. The van der Waals surface area contributed by atoms with Gasteiger partial charge in [0.05, 0.1) is 0 Å². The number of hydrogen-bond acceptors (Lipinski definition) is 2. The first kappa shape index (κ1) is 11.2. The largest absolute Gasteiger partial charge is 0.364 e. The molecule has 0 saturated carbocycles. The van der Waals surface area contributed by atoms with Gasteiger partial charge in [-0.3, -0.25) is 0 Å². The van der Waals surface area contributed by atoms with E-state index in [-0.39, 0.29) is 0 Å². The van der Waals surface area contributed by atoms with Crippen molar-refractivity contribution in [2.75, 3.05) is 7.11 Å². The predicted molar refractivity (Wildman–Crippen MR) is 58.7 cm³/mol. The van der Waals surface area contributed by atoms with Gasteiger partial charge < -0.3 is 9.84 Å². The van der Waals surface area contributed by atoms with Crippen molar-refractivity contribution >= 4 is 31.9 Å². The quantitative estimate of drug-likeness (QED) is 0.687. The molecule has 72 valence electrons. The van der Waals surface area contributed by atoms with Gasteiger partial charge in [-0.1, -0.05) is 44.0 Å². The summed E-state index contributed by atoms with van der Waals surface area (Å²) in [5.74, 6) is 0. The van der Waals surface area contributed by atoms with Crippen molar-refractivity contribution in [3.05, 3.63) is 33.8 Å². The predicted octanol–water partition coefficient (Wildman–Crippen LogP) is 2.98. The zero-order chi connectivity index (χ0) is 9.84. The van der Waals surface area contributed by atoms with Crippen LogP contribution in [0.25, 0.3) is 0 Å². The molecule has 4 heteroatoms. The van der Waals surface area contributed by atoms with Gasteiger partial charge in [-0.15, -0.1) is 0 Å². The van der Waals surface area contributed by atoms with Crippen LogP contribution in [0.15, 0.2) is 22.7 Å². The van der Waals surface area contributed by atoms with E-state index in [0.29, 0.717) is 5.33 Å². The van der Waals surface area contributed by atoms with Crippen molar-refractivity contribution in [1.82, 2.24) is 0 Å². The zero-order valence-electron chi connectivity index (χ0n) is 7.13. The molecule has 2 nitrogen and oxygen atoms in total. The SMILES string of the molecule is COC(O)c1cccc(Br)c1CBr. The Morgan fingerprint density at radius 1 is 1.54 bits per heavy atom. The van der Waals surface area contributed by atoms with Crippen molar-refractivity contribution in [2.24, 2.45) is 0 Å². The molecule has 0 aliphatic rings. The van der Waals surface area contributed by atoms with Crippen LogP contribution in [0.5, 0.6) is 0 Å². The third-order valence-electron chi connectivity index (χ3n) is 1.78. The van der Waals surface area contributed by atoms with Crippen molar-refractivity contribution in [3.63, 3.8) is 0 Å². The minimum absolute atomic E-state index is 0.685. The lowest BCUT2D eigenvalue weighted by Crippen LogP contribution is -2.03. The summed E-state index contributed by atoms with van der Waals surface area (Å²) in [5, 5.41) is 10.2. The van der Waals surface area contributed by atoms with Crippen molar-refractivity contribution in [1.29, 1.82) is 0 Å². The lowest BCUT2D eigenvalue weighted by Gasteiger charge is -2.13. The number of rotatable bonds is 3.